The molecule has 0 radical (unpaired) electrons. The van der Waals surface area contributed by atoms with Gasteiger partial charge in [0, 0.05) is 32.4 Å². The van der Waals surface area contributed by atoms with Crippen LogP contribution in [0, 0.1) is 0 Å². The molecule has 1 aromatic carbocycles. The Hall–Kier alpha value is -2.34. The number of hydrogen-bond acceptors (Lipinski definition) is 6. The van der Waals surface area contributed by atoms with Crippen LogP contribution in [0.4, 0.5) is 11.5 Å². The third-order valence-electron chi connectivity index (χ3n) is 2.81. The van der Waals surface area contributed by atoms with Gasteiger partial charge in [-0.1, -0.05) is 12.1 Å². The van der Waals surface area contributed by atoms with Gasteiger partial charge in [-0.2, -0.15) is 0 Å². The Bertz CT molecular complexity index is 542. The molecule has 2 rings (SSSR count). The van der Waals surface area contributed by atoms with Gasteiger partial charge < -0.3 is 15.1 Å². The lowest BCUT2D eigenvalue weighted by molar-refractivity contribution is 0.397. The SMILES string of the molecule is COc1cc(NNCc2ccc(N(C)C)cc2)ncn1. The van der Waals surface area contributed by atoms with Crippen LogP contribution >= 0.6 is 0 Å². The lowest BCUT2D eigenvalue weighted by Gasteiger charge is -2.13. The molecule has 0 aliphatic carbocycles. The van der Waals surface area contributed by atoms with Crippen molar-refractivity contribution in [1.82, 2.24) is 15.4 Å². The van der Waals surface area contributed by atoms with Gasteiger partial charge in [0.15, 0.2) is 0 Å². The molecule has 0 bridgehead atoms. The zero-order valence-corrected chi connectivity index (χ0v) is 11.9. The summed E-state index contributed by atoms with van der Waals surface area (Å²) in [7, 11) is 5.63. The number of anilines is 2. The molecule has 0 aliphatic rings. The molecule has 0 saturated heterocycles. The van der Waals surface area contributed by atoms with Crippen molar-refractivity contribution in [3.8, 4) is 5.88 Å². The van der Waals surface area contributed by atoms with Gasteiger partial charge in [0.05, 0.1) is 7.11 Å². The van der Waals surface area contributed by atoms with Crippen molar-refractivity contribution >= 4 is 11.5 Å². The number of ether oxygens (including phenoxy) is 1. The number of aromatic nitrogens is 2. The molecule has 6 heteroatoms. The van der Waals surface area contributed by atoms with Gasteiger partial charge in [-0.05, 0) is 17.7 Å². The van der Waals surface area contributed by atoms with E-state index in [0.717, 1.165) is 0 Å². The van der Waals surface area contributed by atoms with E-state index in [1.165, 1.54) is 17.6 Å². The van der Waals surface area contributed by atoms with Gasteiger partial charge in [-0.3, -0.25) is 0 Å². The fraction of sp³-hybridized carbons (Fsp3) is 0.286. The van der Waals surface area contributed by atoms with Crippen LogP contribution in [0.2, 0.25) is 0 Å². The first-order valence-corrected chi connectivity index (χ1v) is 6.30. The summed E-state index contributed by atoms with van der Waals surface area (Å²) < 4.78 is 5.03. The molecule has 0 saturated carbocycles. The summed E-state index contributed by atoms with van der Waals surface area (Å²) in [5.41, 5.74) is 8.49. The number of methoxy groups -OCH3 is 1. The third-order valence-corrected chi connectivity index (χ3v) is 2.81. The molecule has 0 amide bonds. The van der Waals surface area contributed by atoms with Gasteiger partial charge in [0.25, 0.3) is 0 Å². The lowest BCUT2D eigenvalue weighted by Crippen LogP contribution is -2.21. The maximum absolute atomic E-state index is 5.03. The smallest absolute Gasteiger partial charge is 0.218 e. The molecule has 20 heavy (non-hydrogen) atoms. The minimum Gasteiger partial charge on any atom is -0.481 e. The zero-order chi connectivity index (χ0) is 14.4. The summed E-state index contributed by atoms with van der Waals surface area (Å²) in [6, 6.07) is 10.1. The number of nitrogens with one attached hydrogen (secondary N) is 2. The van der Waals surface area contributed by atoms with E-state index in [0.29, 0.717) is 18.2 Å². The highest BCUT2D eigenvalue weighted by atomic mass is 16.5. The van der Waals surface area contributed by atoms with Crippen LogP contribution < -0.4 is 20.5 Å². The Morgan fingerprint density at radius 1 is 1.15 bits per heavy atom. The van der Waals surface area contributed by atoms with Gasteiger partial charge in [-0.25, -0.2) is 15.4 Å². The quantitative estimate of drug-likeness (QED) is 0.781. The number of nitrogens with zero attached hydrogens (tertiary/aromatic N) is 3. The Labute approximate surface area is 118 Å². The Morgan fingerprint density at radius 3 is 2.55 bits per heavy atom. The second-order valence-electron chi connectivity index (χ2n) is 4.49. The molecule has 6 nitrogen and oxygen atoms in total. The molecule has 106 valence electrons. The monoisotopic (exact) mass is 273 g/mol. The zero-order valence-electron chi connectivity index (χ0n) is 11.9. The molecule has 0 atom stereocenters. The molecule has 2 N–H and O–H groups in total. The Kier molecular flexibility index (Phi) is 4.73. The minimum atomic E-state index is 0.527. The summed E-state index contributed by atoms with van der Waals surface area (Å²) in [6.07, 6.45) is 1.45. The van der Waals surface area contributed by atoms with E-state index < -0.39 is 0 Å². The van der Waals surface area contributed by atoms with Gasteiger partial charge in [0.1, 0.15) is 12.1 Å². The van der Waals surface area contributed by atoms with Crippen LogP contribution in [0.3, 0.4) is 0 Å². The molecule has 1 heterocycles. The third kappa shape index (κ3) is 3.83. The second kappa shape index (κ2) is 6.72. The van der Waals surface area contributed by atoms with E-state index in [-0.39, 0.29) is 0 Å². The van der Waals surface area contributed by atoms with Crippen molar-refractivity contribution in [2.45, 2.75) is 6.54 Å². The summed E-state index contributed by atoms with van der Waals surface area (Å²) in [6.45, 7) is 0.694. The van der Waals surface area contributed by atoms with Crippen molar-refractivity contribution in [1.29, 1.82) is 0 Å². The van der Waals surface area contributed by atoms with E-state index >= 15 is 0 Å². The molecule has 0 spiro atoms. The first-order chi connectivity index (χ1) is 9.69. The summed E-state index contributed by atoms with van der Waals surface area (Å²) in [5.74, 6) is 1.20. The highest BCUT2D eigenvalue weighted by molar-refractivity contribution is 5.46. The highest BCUT2D eigenvalue weighted by Crippen LogP contribution is 2.12. The number of rotatable bonds is 6. The normalized spacial score (nSPS) is 10.2. The van der Waals surface area contributed by atoms with Crippen molar-refractivity contribution < 1.29 is 4.74 Å². The van der Waals surface area contributed by atoms with Crippen LogP contribution in [0.15, 0.2) is 36.7 Å². The molecule has 0 aliphatic heterocycles. The molecule has 0 fully saturated rings. The van der Waals surface area contributed by atoms with Gasteiger partial charge in [0.2, 0.25) is 5.88 Å². The van der Waals surface area contributed by atoms with E-state index in [1.54, 1.807) is 13.2 Å². The van der Waals surface area contributed by atoms with E-state index in [1.807, 2.05) is 14.1 Å². The average Bonchev–Trinajstić information content (AvgIpc) is 2.48. The van der Waals surface area contributed by atoms with Crippen molar-refractivity contribution in [3.63, 3.8) is 0 Å². The summed E-state index contributed by atoms with van der Waals surface area (Å²) in [5, 5.41) is 0. The van der Waals surface area contributed by atoms with Crippen LogP contribution in [0.1, 0.15) is 5.56 Å². The fourth-order valence-corrected chi connectivity index (χ4v) is 1.67. The maximum Gasteiger partial charge on any atom is 0.218 e. The maximum atomic E-state index is 5.03. The predicted molar refractivity (Wildman–Crippen MR) is 79.8 cm³/mol. The topological polar surface area (TPSA) is 62.3 Å². The van der Waals surface area contributed by atoms with Crippen LogP contribution in [0.25, 0.3) is 0 Å². The lowest BCUT2D eigenvalue weighted by atomic mass is 10.2. The van der Waals surface area contributed by atoms with E-state index in [4.69, 9.17) is 4.74 Å². The van der Waals surface area contributed by atoms with Crippen LogP contribution in [-0.4, -0.2) is 31.2 Å². The number of hydrazine groups is 1. The molecular formula is C14H19N5O. The Morgan fingerprint density at radius 2 is 1.90 bits per heavy atom. The number of hydrogen-bond donors (Lipinski definition) is 2. The van der Waals surface area contributed by atoms with Gasteiger partial charge in [-0.15, -0.1) is 0 Å². The largest absolute Gasteiger partial charge is 0.481 e. The second-order valence-corrected chi connectivity index (χ2v) is 4.49. The van der Waals surface area contributed by atoms with Crippen LogP contribution in [-0.2, 0) is 6.54 Å². The fourth-order valence-electron chi connectivity index (χ4n) is 1.67. The first-order valence-electron chi connectivity index (χ1n) is 6.30. The number of benzene rings is 1. The van der Waals surface area contributed by atoms with Crippen molar-refractivity contribution in [3.05, 3.63) is 42.2 Å². The first kappa shape index (κ1) is 14.1. The summed E-state index contributed by atoms with van der Waals surface area (Å²) in [4.78, 5) is 10.1. The van der Waals surface area contributed by atoms with Crippen molar-refractivity contribution in [2.75, 3.05) is 31.5 Å². The molecule has 1 aromatic heterocycles. The predicted octanol–water partition coefficient (Wildman–Crippen LogP) is 1.67. The van der Waals surface area contributed by atoms with E-state index in [2.05, 4.69) is 50.0 Å². The minimum absolute atomic E-state index is 0.527. The van der Waals surface area contributed by atoms with Gasteiger partial charge >= 0.3 is 0 Å². The Balaban J connectivity index is 1.86. The standard InChI is InChI=1S/C14H19N5O/c1-19(2)12-6-4-11(5-7-12)9-17-18-13-8-14(20-3)16-10-15-13/h4-8,10,17H,9H2,1-3H3,(H,15,16,18). The highest BCUT2D eigenvalue weighted by Gasteiger charge is 1.99. The van der Waals surface area contributed by atoms with E-state index in [9.17, 15) is 0 Å². The molecule has 0 unspecified atom stereocenters. The molecule has 2 aromatic rings. The molecular weight excluding hydrogens is 254 g/mol. The van der Waals surface area contributed by atoms with Crippen molar-refractivity contribution in [2.24, 2.45) is 0 Å². The van der Waals surface area contributed by atoms with Crippen LogP contribution in [0.5, 0.6) is 5.88 Å². The average molecular weight is 273 g/mol. The summed E-state index contributed by atoms with van der Waals surface area (Å²) >= 11 is 0.